The molecule has 0 heterocycles. The molecule has 1 aliphatic carbocycles. The zero-order chi connectivity index (χ0) is 19.2. The number of carbonyl (C=O) groups is 3. The third kappa shape index (κ3) is 4.89. The number of benzene rings is 1. The maximum atomic E-state index is 13.2. The molecule has 1 amide bonds. The van der Waals surface area contributed by atoms with Crippen LogP contribution in [0.5, 0.6) is 0 Å². The zero-order valence-corrected chi connectivity index (χ0v) is 14.7. The maximum Gasteiger partial charge on any atom is 0.326 e. The van der Waals surface area contributed by atoms with E-state index in [0.29, 0.717) is 12.8 Å². The third-order valence-corrected chi connectivity index (χ3v) is 4.51. The van der Waals surface area contributed by atoms with Gasteiger partial charge in [0.15, 0.2) is 5.78 Å². The van der Waals surface area contributed by atoms with Crippen LogP contribution in [-0.2, 0) is 20.8 Å². The average molecular weight is 356 g/mol. The highest BCUT2D eigenvalue weighted by Gasteiger charge is 2.42. The van der Waals surface area contributed by atoms with E-state index in [4.69, 9.17) is 5.73 Å². The normalized spacial score (nSPS) is 21.0. The highest BCUT2D eigenvalue weighted by atomic mass is 16.4. The first-order valence-electron chi connectivity index (χ1n) is 8.52. The fourth-order valence-corrected chi connectivity index (χ4v) is 3.24. The minimum atomic E-state index is -1.17. The van der Waals surface area contributed by atoms with Gasteiger partial charge in [0.1, 0.15) is 6.04 Å². The molecule has 26 heavy (non-hydrogen) atoms. The number of allylic oxidation sites excluding steroid dienone is 4. The molecule has 1 unspecified atom stereocenters. The lowest BCUT2D eigenvalue weighted by atomic mass is 9.70. The molecule has 0 saturated carbocycles. The lowest BCUT2D eigenvalue weighted by Crippen LogP contribution is -2.50. The quantitative estimate of drug-likeness (QED) is 0.655. The van der Waals surface area contributed by atoms with E-state index < -0.39 is 29.4 Å². The van der Waals surface area contributed by atoms with Crippen LogP contribution in [0.2, 0.25) is 0 Å². The number of Topliss-reactive ketones (excluding diaryl/α,β-unsaturated/α-hetero) is 1. The first-order valence-corrected chi connectivity index (χ1v) is 8.52. The number of hydrogen-bond acceptors (Lipinski definition) is 4. The van der Waals surface area contributed by atoms with Crippen LogP contribution in [0.15, 0.2) is 54.6 Å². The molecule has 0 bridgehead atoms. The van der Waals surface area contributed by atoms with Gasteiger partial charge in [0.05, 0.1) is 11.5 Å². The number of rotatable bonds is 8. The van der Waals surface area contributed by atoms with Gasteiger partial charge in [-0.3, -0.25) is 9.59 Å². The summed E-state index contributed by atoms with van der Waals surface area (Å²) in [6, 6.07) is 7.52. The summed E-state index contributed by atoms with van der Waals surface area (Å²) in [5.74, 6) is -1.85. The molecule has 1 aromatic rings. The van der Waals surface area contributed by atoms with Crippen LogP contribution in [0.1, 0.15) is 25.3 Å². The SMILES string of the molecule is CC(=O)N[C@H](CC1(C(=O)[C@@H](N)Cc2ccccc2)C=CC=CC1)C(=O)O. The van der Waals surface area contributed by atoms with E-state index in [2.05, 4.69) is 5.32 Å². The number of carboxylic acid groups (broad SMARTS) is 1. The van der Waals surface area contributed by atoms with Crippen LogP contribution in [-0.4, -0.2) is 34.8 Å². The van der Waals surface area contributed by atoms with Crippen LogP contribution in [0.4, 0.5) is 0 Å². The molecule has 6 heteroatoms. The first kappa shape index (κ1) is 19.6. The van der Waals surface area contributed by atoms with Crippen LogP contribution in [0.25, 0.3) is 0 Å². The Bertz CT molecular complexity index is 727. The Morgan fingerprint density at radius 3 is 2.46 bits per heavy atom. The first-order chi connectivity index (χ1) is 12.3. The van der Waals surface area contributed by atoms with Gasteiger partial charge >= 0.3 is 5.97 Å². The van der Waals surface area contributed by atoms with Crippen molar-refractivity contribution in [2.24, 2.45) is 11.1 Å². The number of aliphatic carboxylic acids is 1. The Kier molecular flexibility index (Phi) is 6.46. The number of nitrogens with two attached hydrogens (primary N) is 1. The van der Waals surface area contributed by atoms with Crippen LogP contribution in [0, 0.1) is 5.41 Å². The van der Waals surface area contributed by atoms with Gasteiger partial charge in [-0.25, -0.2) is 4.79 Å². The standard InChI is InChI=1S/C20H24N2O4/c1-14(23)22-17(19(25)26)13-20(10-6-3-7-11-20)18(24)16(21)12-15-8-4-2-5-9-15/h2-10,16-17H,11-13,21H2,1H3,(H,22,23)(H,25,26)/t16-,17+,20?/m0/s1. The number of carboxylic acids is 1. The summed E-state index contributed by atoms with van der Waals surface area (Å²) in [6.07, 6.45) is 7.75. The van der Waals surface area contributed by atoms with Gasteiger partial charge in [-0.1, -0.05) is 54.6 Å². The van der Waals surface area contributed by atoms with Crippen molar-refractivity contribution in [3.05, 3.63) is 60.2 Å². The van der Waals surface area contributed by atoms with Crippen molar-refractivity contribution in [2.45, 2.75) is 38.3 Å². The fraction of sp³-hybridized carbons (Fsp3) is 0.350. The van der Waals surface area contributed by atoms with Gasteiger partial charge in [-0.05, 0) is 24.8 Å². The molecular weight excluding hydrogens is 332 g/mol. The minimum absolute atomic E-state index is 0.0376. The number of hydrogen-bond donors (Lipinski definition) is 3. The molecule has 4 N–H and O–H groups in total. The van der Waals surface area contributed by atoms with Gasteiger partial charge in [-0.2, -0.15) is 0 Å². The molecule has 0 spiro atoms. The zero-order valence-electron chi connectivity index (χ0n) is 14.7. The summed E-state index contributed by atoms with van der Waals surface area (Å²) in [6.45, 7) is 1.25. The molecule has 0 saturated heterocycles. The Morgan fingerprint density at radius 2 is 1.92 bits per heavy atom. The summed E-state index contributed by atoms with van der Waals surface area (Å²) < 4.78 is 0. The van der Waals surface area contributed by atoms with Crippen molar-refractivity contribution in [3.63, 3.8) is 0 Å². The van der Waals surface area contributed by atoms with Crippen LogP contribution < -0.4 is 11.1 Å². The van der Waals surface area contributed by atoms with Crippen LogP contribution >= 0.6 is 0 Å². The van der Waals surface area contributed by atoms with Gasteiger partial charge in [-0.15, -0.1) is 0 Å². The predicted molar refractivity (Wildman–Crippen MR) is 98.3 cm³/mol. The minimum Gasteiger partial charge on any atom is -0.480 e. The van der Waals surface area contributed by atoms with E-state index in [-0.39, 0.29) is 12.2 Å². The van der Waals surface area contributed by atoms with E-state index in [1.165, 1.54) is 6.92 Å². The number of nitrogens with one attached hydrogen (secondary N) is 1. The average Bonchev–Trinajstić information content (AvgIpc) is 2.61. The highest BCUT2D eigenvalue weighted by molar-refractivity contribution is 5.93. The largest absolute Gasteiger partial charge is 0.480 e. The van der Waals surface area contributed by atoms with Crippen molar-refractivity contribution >= 4 is 17.7 Å². The maximum absolute atomic E-state index is 13.2. The summed E-state index contributed by atoms with van der Waals surface area (Å²) >= 11 is 0. The van der Waals surface area contributed by atoms with Crippen molar-refractivity contribution in [2.75, 3.05) is 0 Å². The van der Waals surface area contributed by atoms with E-state index in [1.54, 1.807) is 12.2 Å². The Hall–Kier alpha value is -2.73. The van der Waals surface area contributed by atoms with Gasteiger partial charge < -0.3 is 16.2 Å². The van der Waals surface area contributed by atoms with Crippen molar-refractivity contribution < 1.29 is 19.5 Å². The number of amides is 1. The second kappa shape index (κ2) is 8.58. The Labute approximate surface area is 152 Å². The molecule has 0 radical (unpaired) electrons. The van der Waals surface area contributed by atoms with Gasteiger partial charge in [0.25, 0.3) is 0 Å². The van der Waals surface area contributed by atoms with Crippen molar-refractivity contribution in [1.29, 1.82) is 0 Å². The van der Waals surface area contributed by atoms with Gasteiger partial charge in [0, 0.05) is 6.92 Å². The van der Waals surface area contributed by atoms with Crippen LogP contribution in [0.3, 0.4) is 0 Å². The molecule has 0 aromatic heterocycles. The lowest BCUT2D eigenvalue weighted by molar-refractivity contribution is -0.143. The topological polar surface area (TPSA) is 109 Å². The molecule has 1 aliphatic rings. The highest BCUT2D eigenvalue weighted by Crippen LogP contribution is 2.35. The Morgan fingerprint density at radius 1 is 1.23 bits per heavy atom. The molecule has 3 atom stereocenters. The number of carbonyl (C=O) groups excluding carboxylic acids is 2. The van der Waals surface area contributed by atoms with E-state index in [1.807, 2.05) is 42.5 Å². The van der Waals surface area contributed by atoms with E-state index in [0.717, 1.165) is 5.56 Å². The lowest BCUT2D eigenvalue weighted by Gasteiger charge is -2.34. The summed E-state index contributed by atoms with van der Waals surface area (Å²) in [7, 11) is 0. The third-order valence-electron chi connectivity index (χ3n) is 4.51. The second-order valence-electron chi connectivity index (χ2n) is 6.60. The summed E-state index contributed by atoms with van der Waals surface area (Å²) in [4.78, 5) is 36.0. The Balaban J connectivity index is 2.23. The van der Waals surface area contributed by atoms with Crippen molar-refractivity contribution in [3.8, 4) is 0 Å². The van der Waals surface area contributed by atoms with Crippen molar-refractivity contribution in [1.82, 2.24) is 5.32 Å². The molecule has 138 valence electrons. The molecule has 0 aliphatic heterocycles. The molecule has 0 fully saturated rings. The molecule has 1 aromatic carbocycles. The second-order valence-corrected chi connectivity index (χ2v) is 6.60. The van der Waals surface area contributed by atoms with E-state index in [9.17, 15) is 19.5 Å². The van der Waals surface area contributed by atoms with Gasteiger partial charge in [0.2, 0.25) is 5.91 Å². The summed E-state index contributed by atoms with van der Waals surface area (Å²) in [5, 5.41) is 11.8. The molecule has 6 nitrogen and oxygen atoms in total. The molecule has 2 rings (SSSR count). The monoisotopic (exact) mass is 356 g/mol. The summed E-state index contributed by atoms with van der Waals surface area (Å²) in [5.41, 5.74) is 6.07. The fourth-order valence-electron chi connectivity index (χ4n) is 3.24. The molecular formula is C20H24N2O4. The predicted octanol–water partition coefficient (Wildman–Crippen LogP) is 1.61. The number of ketones is 1. The van der Waals surface area contributed by atoms with E-state index >= 15 is 0 Å². The smallest absolute Gasteiger partial charge is 0.326 e.